The first kappa shape index (κ1) is 18.2. The quantitative estimate of drug-likeness (QED) is 0.650. The van der Waals surface area contributed by atoms with E-state index in [9.17, 15) is 14.4 Å². The zero-order valence-electron chi connectivity index (χ0n) is 15.9. The predicted octanol–water partition coefficient (Wildman–Crippen LogP) is 4.09. The molecule has 1 aliphatic carbocycles. The van der Waals surface area contributed by atoms with Crippen molar-refractivity contribution in [3.8, 4) is 0 Å². The Labute approximate surface area is 164 Å². The molecule has 0 saturated carbocycles. The number of fused-ring (bicyclic) bond motifs is 1. The second-order valence-corrected chi connectivity index (χ2v) is 7.59. The zero-order chi connectivity index (χ0) is 19.8. The van der Waals surface area contributed by atoms with Crippen LogP contribution in [0.5, 0.6) is 0 Å². The molecule has 3 amide bonds. The van der Waals surface area contributed by atoms with E-state index in [2.05, 4.69) is 5.32 Å². The monoisotopic (exact) mass is 374 g/mol. The summed E-state index contributed by atoms with van der Waals surface area (Å²) in [6, 6.07) is 14.2. The number of anilines is 2. The van der Waals surface area contributed by atoms with E-state index >= 15 is 0 Å². The summed E-state index contributed by atoms with van der Waals surface area (Å²) in [5, 5.41) is 2.86. The van der Waals surface area contributed by atoms with Crippen LogP contribution in [-0.4, -0.2) is 17.7 Å². The number of nitrogens with one attached hydrogen (secondary N) is 1. The Morgan fingerprint density at radius 2 is 1.75 bits per heavy atom. The van der Waals surface area contributed by atoms with E-state index in [1.165, 1.54) is 4.90 Å². The molecule has 2 aromatic carbocycles. The number of imide groups is 1. The summed E-state index contributed by atoms with van der Waals surface area (Å²) in [6.45, 7) is 3.95. The molecular formula is C23H22N2O3. The van der Waals surface area contributed by atoms with Gasteiger partial charge in [-0.05, 0) is 62.6 Å². The lowest BCUT2D eigenvalue weighted by Crippen LogP contribution is -2.31. The number of nitrogens with zero attached hydrogens (tertiary/aromatic N) is 1. The number of rotatable bonds is 3. The molecule has 1 saturated heterocycles. The van der Waals surface area contributed by atoms with Gasteiger partial charge in [0.15, 0.2) is 0 Å². The Morgan fingerprint density at radius 1 is 1.00 bits per heavy atom. The topological polar surface area (TPSA) is 66.5 Å². The Balaban J connectivity index is 1.58. The maximum atomic E-state index is 12.9. The summed E-state index contributed by atoms with van der Waals surface area (Å²) in [7, 11) is 0. The molecule has 0 aromatic heterocycles. The molecule has 142 valence electrons. The number of benzene rings is 2. The maximum Gasteiger partial charge on any atom is 0.255 e. The maximum absolute atomic E-state index is 12.9. The van der Waals surface area contributed by atoms with E-state index in [0.717, 1.165) is 11.1 Å². The van der Waals surface area contributed by atoms with Crippen LogP contribution in [0.25, 0.3) is 0 Å². The van der Waals surface area contributed by atoms with Gasteiger partial charge in [0.05, 0.1) is 17.5 Å². The van der Waals surface area contributed by atoms with Gasteiger partial charge < -0.3 is 5.32 Å². The van der Waals surface area contributed by atoms with Gasteiger partial charge >= 0.3 is 0 Å². The van der Waals surface area contributed by atoms with Gasteiger partial charge in [0, 0.05) is 11.3 Å². The SMILES string of the molecule is CC1=CC[C@H]2C(=O)N(c3cccc(C(=O)Nc4cccc(C)c4)c3)C(=O)[C@H]2C1. The van der Waals surface area contributed by atoms with Crippen molar-refractivity contribution < 1.29 is 14.4 Å². The van der Waals surface area contributed by atoms with Gasteiger partial charge in [-0.1, -0.05) is 29.8 Å². The van der Waals surface area contributed by atoms with Crippen LogP contribution in [0.3, 0.4) is 0 Å². The second-order valence-electron chi connectivity index (χ2n) is 7.59. The van der Waals surface area contributed by atoms with Crippen LogP contribution in [0.15, 0.2) is 60.2 Å². The molecule has 0 radical (unpaired) electrons. The van der Waals surface area contributed by atoms with Gasteiger partial charge in [-0.3, -0.25) is 19.3 Å². The molecule has 1 aliphatic heterocycles. The number of carbonyl (C=O) groups is 3. The Kier molecular flexibility index (Phi) is 4.59. The highest BCUT2D eigenvalue weighted by molar-refractivity contribution is 6.22. The fourth-order valence-electron chi connectivity index (χ4n) is 4.00. The van der Waals surface area contributed by atoms with Gasteiger partial charge in [0.1, 0.15) is 0 Å². The number of carbonyl (C=O) groups excluding carboxylic acids is 3. The number of hydrogen-bond donors (Lipinski definition) is 1. The van der Waals surface area contributed by atoms with Crippen molar-refractivity contribution in [2.75, 3.05) is 10.2 Å². The molecule has 1 N–H and O–H groups in total. The normalized spacial score (nSPS) is 21.4. The molecule has 2 aromatic rings. The fraction of sp³-hybridized carbons (Fsp3) is 0.261. The highest BCUT2D eigenvalue weighted by atomic mass is 16.2. The lowest BCUT2D eigenvalue weighted by molar-refractivity contribution is -0.122. The van der Waals surface area contributed by atoms with Crippen molar-refractivity contribution in [3.63, 3.8) is 0 Å². The molecule has 4 rings (SSSR count). The molecular weight excluding hydrogens is 352 g/mol. The third-order valence-electron chi connectivity index (χ3n) is 5.47. The minimum absolute atomic E-state index is 0.168. The number of aryl methyl sites for hydroxylation is 1. The van der Waals surface area contributed by atoms with Gasteiger partial charge in [-0.2, -0.15) is 0 Å². The highest BCUT2D eigenvalue weighted by Crippen LogP contribution is 2.39. The van der Waals surface area contributed by atoms with Crippen LogP contribution in [-0.2, 0) is 9.59 Å². The molecule has 1 fully saturated rings. The van der Waals surface area contributed by atoms with Gasteiger partial charge in [0.25, 0.3) is 5.91 Å². The van der Waals surface area contributed by atoms with Crippen molar-refractivity contribution in [1.29, 1.82) is 0 Å². The molecule has 5 heteroatoms. The summed E-state index contributed by atoms with van der Waals surface area (Å²) in [4.78, 5) is 39.6. The summed E-state index contributed by atoms with van der Waals surface area (Å²) >= 11 is 0. The number of allylic oxidation sites excluding steroid dienone is 2. The fourth-order valence-corrected chi connectivity index (χ4v) is 4.00. The summed E-state index contributed by atoms with van der Waals surface area (Å²) < 4.78 is 0. The molecule has 0 bridgehead atoms. The van der Waals surface area contributed by atoms with Crippen LogP contribution < -0.4 is 10.2 Å². The third-order valence-corrected chi connectivity index (χ3v) is 5.47. The third kappa shape index (κ3) is 3.24. The smallest absolute Gasteiger partial charge is 0.255 e. The second kappa shape index (κ2) is 7.08. The van der Waals surface area contributed by atoms with Gasteiger partial charge in [-0.15, -0.1) is 0 Å². The predicted molar refractivity (Wildman–Crippen MR) is 108 cm³/mol. The van der Waals surface area contributed by atoms with E-state index < -0.39 is 0 Å². The zero-order valence-corrected chi connectivity index (χ0v) is 15.9. The van der Waals surface area contributed by atoms with E-state index in [1.807, 2.05) is 44.2 Å². The van der Waals surface area contributed by atoms with E-state index in [0.29, 0.717) is 29.8 Å². The summed E-state index contributed by atoms with van der Waals surface area (Å²) in [5.41, 5.74) is 3.76. The summed E-state index contributed by atoms with van der Waals surface area (Å²) in [5.74, 6) is -1.20. The molecule has 2 aliphatic rings. The van der Waals surface area contributed by atoms with E-state index in [1.54, 1.807) is 24.3 Å². The summed E-state index contributed by atoms with van der Waals surface area (Å²) in [6.07, 6.45) is 3.27. The van der Waals surface area contributed by atoms with Crippen molar-refractivity contribution in [1.82, 2.24) is 0 Å². The molecule has 28 heavy (non-hydrogen) atoms. The standard InChI is InChI=1S/C23H22N2O3/c1-14-5-3-7-17(11-14)24-21(26)16-6-4-8-18(13-16)25-22(27)19-10-9-15(2)12-20(19)23(25)28/h3-9,11,13,19-20H,10,12H2,1-2H3,(H,24,26)/t19-,20+/m1/s1. The molecule has 0 spiro atoms. The average Bonchev–Trinajstić information content (AvgIpc) is 2.92. The van der Waals surface area contributed by atoms with E-state index in [4.69, 9.17) is 0 Å². The first-order chi connectivity index (χ1) is 13.4. The number of hydrogen-bond acceptors (Lipinski definition) is 3. The largest absolute Gasteiger partial charge is 0.322 e. The Morgan fingerprint density at radius 3 is 2.54 bits per heavy atom. The van der Waals surface area contributed by atoms with Crippen LogP contribution in [0, 0.1) is 18.8 Å². The van der Waals surface area contributed by atoms with Crippen LogP contribution in [0.4, 0.5) is 11.4 Å². The van der Waals surface area contributed by atoms with Crippen molar-refractivity contribution in [3.05, 3.63) is 71.3 Å². The van der Waals surface area contributed by atoms with Crippen molar-refractivity contribution >= 4 is 29.1 Å². The first-order valence-corrected chi connectivity index (χ1v) is 9.45. The molecule has 5 nitrogen and oxygen atoms in total. The molecule has 0 unspecified atom stereocenters. The Bertz CT molecular complexity index is 1010. The molecule has 1 heterocycles. The minimum Gasteiger partial charge on any atom is -0.322 e. The van der Waals surface area contributed by atoms with Crippen molar-refractivity contribution in [2.45, 2.75) is 26.7 Å². The highest BCUT2D eigenvalue weighted by Gasteiger charge is 2.48. The lowest BCUT2D eigenvalue weighted by Gasteiger charge is -2.18. The minimum atomic E-state index is -0.291. The number of amides is 3. The van der Waals surface area contributed by atoms with Crippen LogP contribution in [0.2, 0.25) is 0 Å². The average molecular weight is 374 g/mol. The van der Waals surface area contributed by atoms with Gasteiger partial charge in [-0.25, -0.2) is 0 Å². The van der Waals surface area contributed by atoms with Crippen LogP contribution in [0.1, 0.15) is 35.7 Å². The lowest BCUT2D eigenvalue weighted by atomic mass is 9.82. The Hall–Kier alpha value is -3.21. The molecule has 2 atom stereocenters. The van der Waals surface area contributed by atoms with Crippen molar-refractivity contribution in [2.24, 2.45) is 11.8 Å². The van der Waals surface area contributed by atoms with E-state index in [-0.39, 0.29) is 29.6 Å². The van der Waals surface area contributed by atoms with Crippen LogP contribution >= 0.6 is 0 Å². The first-order valence-electron chi connectivity index (χ1n) is 9.45. The van der Waals surface area contributed by atoms with Gasteiger partial charge in [0.2, 0.25) is 11.8 Å².